The number of carboxylic acid groups (broad SMARTS) is 1. The van der Waals surface area contributed by atoms with Crippen molar-refractivity contribution in [2.24, 2.45) is 0 Å². The van der Waals surface area contributed by atoms with Crippen LogP contribution in [0, 0.1) is 0 Å². The number of nitrogens with one attached hydrogen (secondary N) is 2. The molecule has 1 aromatic heterocycles. The summed E-state index contributed by atoms with van der Waals surface area (Å²) in [5, 5.41) is 16.8. The molecule has 0 saturated heterocycles. The Morgan fingerprint density at radius 3 is 2.75 bits per heavy atom. The molecule has 1 aromatic rings. The van der Waals surface area contributed by atoms with Crippen LogP contribution in [0.15, 0.2) is 18.5 Å². The molecule has 0 fully saturated rings. The summed E-state index contributed by atoms with van der Waals surface area (Å²) in [7, 11) is 0. The third-order valence-corrected chi connectivity index (χ3v) is 2.12. The molecule has 3 amide bonds. The highest BCUT2D eigenvalue weighted by atomic mass is 16.5. The Kier molecular flexibility index (Phi) is 6.76. The van der Waals surface area contributed by atoms with E-state index in [0.717, 1.165) is 0 Å². The lowest BCUT2D eigenvalue weighted by molar-refractivity contribution is -0.143. The fourth-order valence-electron chi connectivity index (χ4n) is 1.31. The van der Waals surface area contributed by atoms with Crippen LogP contribution in [-0.4, -0.2) is 52.6 Å². The zero-order valence-electron chi connectivity index (χ0n) is 10.7. The number of rotatable bonds is 8. The first-order valence-corrected chi connectivity index (χ1v) is 5.92. The van der Waals surface area contributed by atoms with Crippen LogP contribution in [0.2, 0.25) is 0 Å². The number of carbonyl (C=O) groups is 3. The fourth-order valence-corrected chi connectivity index (χ4v) is 1.31. The molecule has 0 aliphatic rings. The number of hydrogen-bond acceptors (Lipinski definition) is 5. The molecular weight excluding hydrogens is 268 g/mol. The number of urea groups is 1. The van der Waals surface area contributed by atoms with Gasteiger partial charge in [-0.05, 0) is 12.5 Å². The maximum absolute atomic E-state index is 11.3. The SMILES string of the molecule is O=C(O)COCC(=O)NC(=O)NCCCn1cccn1. The smallest absolute Gasteiger partial charge is 0.329 e. The Balaban J connectivity index is 2.04. The molecular formula is C11H16N4O5. The third kappa shape index (κ3) is 7.11. The van der Waals surface area contributed by atoms with Crippen LogP contribution in [0.5, 0.6) is 0 Å². The van der Waals surface area contributed by atoms with Gasteiger partial charge in [0.05, 0.1) is 0 Å². The number of aromatic nitrogens is 2. The summed E-state index contributed by atoms with van der Waals surface area (Å²) in [4.78, 5) is 32.6. The van der Waals surface area contributed by atoms with Crippen molar-refractivity contribution in [1.82, 2.24) is 20.4 Å². The van der Waals surface area contributed by atoms with E-state index in [2.05, 4.69) is 15.2 Å². The summed E-state index contributed by atoms with van der Waals surface area (Å²) >= 11 is 0. The van der Waals surface area contributed by atoms with Crippen LogP contribution < -0.4 is 10.6 Å². The van der Waals surface area contributed by atoms with Crippen molar-refractivity contribution in [3.05, 3.63) is 18.5 Å². The molecule has 0 aliphatic heterocycles. The average molecular weight is 284 g/mol. The van der Waals surface area contributed by atoms with Crippen molar-refractivity contribution >= 4 is 17.9 Å². The zero-order chi connectivity index (χ0) is 14.8. The second-order valence-electron chi connectivity index (χ2n) is 3.81. The van der Waals surface area contributed by atoms with Crippen molar-refractivity contribution < 1.29 is 24.2 Å². The Labute approximate surface area is 114 Å². The van der Waals surface area contributed by atoms with Gasteiger partial charge in [-0.15, -0.1) is 0 Å². The predicted octanol–water partition coefficient (Wildman–Crippen LogP) is -0.800. The van der Waals surface area contributed by atoms with E-state index in [-0.39, 0.29) is 0 Å². The minimum absolute atomic E-state index is 0.384. The highest BCUT2D eigenvalue weighted by Crippen LogP contribution is 1.87. The van der Waals surface area contributed by atoms with Crippen LogP contribution in [0.25, 0.3) is 0 Å². The molecule has 1 rings (SSSR count). The summed E-state index contributed by atoms with van der Waals surface area (Å²) in [6.45, 7) is -0.0240. The highest BCUT2D eigenvalue weighted by molar-refractivity contribution is 5.94. The second kappa shape index (κ2) is 8.64. The van der Waals surface area contributed by atoms with E-state index >= 15 is 0 Å². The van der Waals surface area contributed by atoms with Crippen LogP contribution in [0.3, 0.4) is 0 Å². The lowest BCUT2D eigenvalue weighted by Gasteiger charge is -2.06. The van der Waals surface area contributed by atoms with Crippen LogP contribution in [-0.2, 0) is 20.9 Å². The molecule has 1 heterocycles. The van der Waals surface area contributed by atoms with Crippen molar-refractivity contribution in [3.63, 3.8) is 0 Å². The first-order valence-electron chi connectivity index (χ1n) is 5.92. The normalized spacial score (nSPS) is 10.0. The Bertz CT molecular complexity index is 446. The zero-order valence-corrected chi connectivity index (χ0v) is 10.7. The van der Waals surface area contributed by atoms with E-state index in [1.165, 1.54) is 0 Å². The van der Waals surface area contributed by atoms with Crippen LogP contribution in [0.1, 0.15) is 6.42 Å². The van der Waals surface area contributed by atoms with Gasteiger partial charge in [-0.2, -0.15) is 5.10 Å². The molecule has 3 N–H and O–H groups in total. The molecule has 0 spiro atoms. The molecule has 0 aliphatic carbocycles. The topological polar surface area (TPSA) is 123 Å². The van der Waals surface area contributed by atoms with Gasteiger partial charge in [0, 0.05) is 25.5 Å². The van der Waals surface area contributed by atoms with Crippen molar-refractivity contribution in [3.8, 4) is 0 Å². The highest BCUT2D eigenvalue weighted by Gasteiger charge is 2.08. The number of aryl methyl sites for hydroxylation is 1. The van der Waals surface area contributed by atoms with Gasteiger partial charge >= 0.3 is 12.0 Å². The number of nitrogens with zero attached hydrogens (tertiary/aromatic N) is 2. The largest absolute Gasteiger partial charge is 0.480 e. The van der Waals surface area contributed by atoms with Crippen LogP contribution in [0.4, 0.5) is 4.79 Å². The van der Waals surface area contributed by atoms with Gasteiger partial charge in [0.15, 0.2) is 0 Å². The maximum Gasteiger partial charge on any atom is 0.329 e. The van der Waals surface area contributed by atoms with Gasteiger partial charge in [-0.1, -0.05) is 0 Å². The van der Waals surface area contributed by atoms with Gasteiger partial charge in [0.25, 0.3) is 5.91 Å². The van der Waals surface area contributed by atoms with E-state index < -0.39 is 31.1 Å². The fraction of sp³-hybridized carbons (Fsp3) is 0.455. The number of ether oxygens (including phenoxy) is 1. The number of carboxylic acids is 1. The Morgan fingerprint density at radius 2 is 2.10 bits per heavy atom. The minimum Gasteiger partial charge on any atom is -0.480 e. The standard InChI is InChI=1S/C11H16N4O5/c16-9(7-20-8-10(17)18)14-11(19)12-3-1-5-15-6-2-4-13-15/h2,4,6H,1,3,5,7-8H2,(H,17,18)(H2,12,14,16,19). The number of carbonyl (C=O) groups excluding carboxylic acids is 2. The van der Waals surface area contributed by atoms with Crippen molar-refractivity contribution in [2.75, 3.05) is 19.8 Å². The molecule has 0 bridgehead atoms. The first kappa shape index (κ1) is 15.6. The van der Waals surface area contributed by atoms with E-state index in [1.54, 1.807) is 16.9 Å². The maximum atomic E-state index is 11.3. The number of amides is 3. The molecule has 110 valence electrons. The van der Waals surface area contributed by atoms with Crippen LogP contribution >= 0.6 is 0 Å². The Morgan fingerprint density at radius 1 is 1.30 bits per heavy atom. The molecule has 0 radical (unpaired) electrons. The monoisotopic (exact) mass is 284 g/mol. The molecule has 20 heavy (non-hydrogen) atoms. The van der Waals surface area contributed by atoms with Gasteiger partial charge in [0.2, 0.25) is 0 Å². The van der Waals surface area contributed by atoms with Gasteiger partial charge in [-0.25, -0.2) is 9.59 Å². The van der Waals surface area contributed by atoms with E-state index in [9.17, 15) is 14.4 Å². The minimum atomic E-state index is -1.18. The van der Waals surface area contributed by atoms with E-state index in [1.807, 2.05) is 11.5 Å². The molecule has 0 aromatic carbocycles. The lowest BCUT2D eigenvalue weighted by atomic mass is 10.4. The number of imide groups is 1. The summed E-state index contributed by atoms with van der Waals surface area (Å²) in [6.07, 6.45) is 4.14. The molecule has 0 atom stereocenters. The van der Waals surface area contributed by atoms with Gasteiger partial charge < -0.3 is 15.2 Å². The summed E-state index contributed by atoms with van der Waals surface area (Å²) in [6, 6.07) is 1.16. The molecule has 0 unspecified atom stereocenters. The summed E-state index contributed by atoms with van der Waals surface area (Å²) in [5.41, 5.74) is 0. The van der Waals surface area contributed by atoms with Gasteiger partial charge in [0.1, 0.15) is 13.2 Å². The molecule has 9 heteroatoms. The second-order valence-corrected chi connectivity index (χ2v) is 3.81. The summed E-state index contributed by atoms with van der Waals surface area (Å²) < 4.78 is 6.26. The third-order valence-electron chi connectivity index (χ3n) is 2.12. The van der Waals surface area contributed by atoms with Crippen molar-refractivity contribution in [1.29, 1.82) is 0 Å². The predicted molar refractivity (Wildman–Crippen MR) is 66.8 cm³/mol. The average Bonchev–Trinajstić information content (AvgIpc) is 2.87. The lowest BCUT2D eigenvalue weighted by Crippen LogP contribution is -2.41. The number of hydrogen-bond donors (Lipinski definition) is 3. The molecule has 9 nitrogen and oxygen atoms in total. The van der Waals surface area contributed by atoms with Gasteiger partial charge in [-0.3, -0.25) is 14.8 Å². The quantitative estimate of drug-likeness (QED) is 0.537. The van der Waals surface area contributed by atoms with E-state index in [4.69, 9.17) is 5.11 Å². The Hall–Kier alpha value is -2.42. The van der Waals surface area contributed by atoms with E-state index in [0.29, 0.717) is 19.5 Å². The number of aliphatic carboxylic acids is 1. The summed E-state index contributed by atoms with van der Waals surface area (Å²) in [5.74, 6) is -1.88. The first-order chi connectivity index (χ1) is 9.58. The molecule has 0 saturated carbocycles. The van der Waals surface area contributed by atoms with Crippen molar-refractivity contribution in [2.45, 2.75) is 13.0 Å².